The number of hydrogen-bond donors (Lipinski definition) is 1. The third-order valence-electron chi connectivity index (χ3n) is 9.38. The minimum atomic E-state index is -0.153. The van der Waals surface area contributed by atoms with Gasteiger partial charge in [0.05, 0.1) is 10.0 Å². The molecule has 1 saturated heterocycles. The number of halogens is 2. The van der Waals surface area contributed by atoms with E-state index in [1.54, 1.807) is 36.4 Å². The lowest BCUT2D eigenvalue weighted by Crippen LogP contribution is -2.52. The summed E-state index contributed by atoms with van der Waals surface area (Å²) in [7, 11) is 0. The van der Waals surface area contributed by atoms with Crippen molar-refractivity contribution in [1.29, 1.82) is 0 Å². The number of hydrogen-bond acceptors (Lipinski definition) is 5. The fourth-order valence-electron chi connectivity index (χ4n) is 6.55. The highest BCUT2D eigenvalue weighted by Crippen LogP contribution is 2.59. The molecule has 2 bridgehead atoms. The highest BCUT2D eigenvalue weighted by Gasteiger charge is 2.51. The summed E-state index contributed by atoms with van der Waals surface area (Å²) in [6.45, 7) is 9.56. The van der Waals surface area contributed by atoms with Gasteiger partial charge in [0, 0.05) is 57.1 Å². The molecule has 2 unspecified atom stereocenters. The molecule has 0 radical (unpaired) electrons. The molecule has 1 saturated carbocycles. The molecule has 0 spiro atoms. The number of piperazine rings is 1. The molecular formula is C31H36Cl2N4O4. The van der Waals surface area contributed by atoms with E-state index in [4.69, 9.17) is 32.7 Å². The molecule has 2 aliphatic heterocycles. The van der Waals surface area contributed by atoms with E-state index in [0.29, 0.717) is 64.9 Å². The van der Waals surface area contributed by atoms with Crippen LogP contribution in [0.25, 0.3) is 0 Å². The first-order valence-electron chi connectivity index (χ1n) is 14.3. The SMILES string of the molecule is CC1(C)C2CC=C(CN(CCN3CCN(C(=O)c4ccc5c(c4)OCO5)CC3)C(=O)Nc3ccc(Cl)c(Cl)c3)C1C2. The molecule has 2 aromatic carbocycles. The van der Waals surface area contributed by atoms with Gasteiger partial charge in [0.1, 0.15) is 0 Å². The van der Waals surface area contributed by atoms with E-state index in [1.807, 2.05) is 9.80 Å². The largest absolute Gasteiger partial charge is 0.454 e. The predicted molar refractivity (Wildman–Crippen MR) is 160 cm³/mol. The molecular weight excluding hydrogens is 563 g/mol. The number of carbonyl (C=O) groups excluding carboxylic acids is 2. The van der Waals surface area contributed by atoms with Crippen molar-refractivity contribution in [3.05, 3.63) is 63.7 Å². The number of urea groups is 1. The monoisotopic (exact) mass is 598 g/mol. The minimum absolute atomic E-state index is 0.00349. The van der Waals surface area contributed by atoms with Crippen molar-refractivity contribution in [3.63, 3.8) is 0 Å². The summed E-state index contributed by atoms with van der Waals surface area (Å²) in [5, 5.41) is 3.87. The molecule has 2 heterocycles. The summed E-state index contributed by atoms with van der Waals surface area (Å²) in [6.07, 6.45) is 4.64. The van der Waals surface area contributed by atoms with Gasteiger partial charge in [-0.15, -0.1) is 0 Å². The average molecular weight is 600 g/mol. The standard InChI is InChI=1S/C31H36Cl2N4O4/c1-31(2)22-5-3-21(24(31)16-22)18-37(30(39)34-23-6-7-25(32)26(33)17-23)14-11-35-9-12-36(13-10-35)29(38)20-4-8-27-28(15-20)41-19-40-27/h3-4,6-8,15,17,22,24H,5,9-14,16,18-19H2,1-2H3,(H,34,39). The van der Waals surface area contributed by atoms with Crippen LogP contribution >= 0.6 is 23.2 Å². The molecule has 10 heteroatoms. The maximum atomic E-state index is 13.5. The van der Waals surface area contributed by atoms with Gasteiger partial charge in [-0.2, -0.15) is 0 Å². The first-order chi connectivity index (χ1) is 19.7. The van der Waals surface area contributed by atoms with Crippen molar-refractivity contribution in [2.75, 3.05) is 57.9 Å². The Bertz CT molecular complexity index is 1370. The smallest absolute Gasteiger partial charge is 0.322 e. The fraction of sp³-hybridized carbons (Fsp3) is 0.484. The Hall–Kier alpha value is -2.94. The van der Waals surface area contributed by atoms with Gasteiger partial charge in [-0.05, 0) is 66.5 Å². The topological polar surface area (TPSA) is 74.3 Å². The van der Waals surface area contributed by atoms with Crippen molar-refractivity contribution in [3.8, 4) is 11.5 Å². The first kappa shape index (κ1) is 28.2. The zero-order valence-electron chi connectivity index (χ0n) is 23.5. The number of fused-ring (bicyclic) bond motifs is 2. The molecule has 0 aromatic heterocycles. The number of benzene rings is 2. The van der Waals surface area contributed by atoms with E-state index < -0.39 is 0 Å². The molecule has 1 N–H and O–H groups in total. The summed E-state index contributed by atoms with van der Waals surface area (Å²) in [5.74, 6) is 2.54. The lowest BCUT2D eigenvalue weighted by Gasteiger charge is -2.57. The van der Waals surface area contributed by atoms with E-state index >= 15 is 0 Å². The van der Waals surface area contributed by atoms with Gasteiger partial charge >= 0.3 is 6.03 Å². The van der Waals surface area contributed by atoms with Crippen LogP contribution in [0.15, 0.2) is 48.0 Å². The van der Waals surface area contributed by atoms with Crippen LogP contribution in [0.3, 0.4) is 0 Å². The van der Waals surface area contributed by atoms with Gasteiger partial charge in [-0.1, -0.05) is 48.7 Å². The van der Waals surface area contributed by atoms with Crippen LogP contribution in [0, 0.1) is 17.3 Å². The Morgan fingerprint density at radius 3 is 2.54 bits per heavy atom. The van der Waals surface area contributed by atoms with E-state index in [0.717, 1.165) is 32.0 Å². The summed E-state index contributed by atoms with van der Waals surface area (Å²) in [4.78, 5) is 32.8. The molecule has 3 aliphatic carbocycles. The Morgan fingerprint density at radius 1 is 1.02 bits per heavy atom. The van der Waals surface area contributed by atoms with Gasteiger partial charge in [0.15, 0.2) is 11.5 Å². The third kappa shape index (κ3) is 5.74. The fourth-order valence-corrected chi connectivity index (χ4v) is 6.85. The summed E-state index contributed by atoms with van der Waals surface area (Å²) in [6, 6.07) is 10.3. The number of nitrogens with zero attached hydrogens (tertiary/aromatic N) is 3. The quantitative estimate of drug-likeness (QED) is 0.395. The second kappa shape index (κ2) is 11.4. The highest BCUT2D eigenvalue weighted by molar-refractivity contribution is 6.42. The molecule has 3 amide bonds. The van der Waals surface area contributed by atoms with Crippen LogP contribution in [0.5, 0.6) is 11.5 Å². The maximum Gasteiger partial charge on any atom is 0.322 e. The molecule has 8 nitrogen and oxygen atoms in total. The van der Waals surface area contributed by atoms with E-state index in [9.17, 15) is 9.59 Å². The van der Waals surface area contributed by atoms with Crippen LogP contribution in [0.4, 0.5) is 10.5 Å². The lowest BCUT2D eigenvalue weighted by atomic mass is 9.49. The Morgan fingerprint density at radius 2 is 1.80 bits per heavy atom. The number of anilines is 1. The minimum Gasteiger partial charge on any atom is -0.454 e. The van der Waals surface area contributed by atoms with Gasteiger partial charge in [0.2, 0.25) is 6.79 Å². The Labute approximate surface area is 251 Å². The van der Waals surface area contributed by atoms with E-state index in [-0.39, 0.29) is 24.1 Å². The Kier molecular flexibility index (Phi) is 7.83. The molecule has 7 rings (SSSR count). The summed E-state index contributed by atoms with van der Waals surface area (Å²) >= 11 is 12.3. The third-order valence-corrected chi connectivity index (χ3v) is 10.1. The molecule has 2 aromatic rings. The van der Waals surface area contributed by atoms with Gasteiger partial charge in [-0.3, -0.25) is 9.69 Å². The number of carbonyl (C=O) groups is 2. The van der Waals surface area contributed by atoms with Crippen molar-refractivity contribution >= 4 is 40.8 Å². The molecule has 2 atom stereocenters. The first-order valence-corrected chi connectivity index (χ1v) is 15.1. The van der Waals surface area contributed by atoms with Gasteiger partial charge in [0.25, 0.3) is 5.91 Å². The van der Waals surface area contributed by atoms with Gasteiger partial charge in [-0.25, -0.2) is 4.79 Å². The zero-order chi connectivity index (χ0) is 28.7. The van der Waals surface area contributed by atoms with Crippen LogP contribution in [0.2, 0.25) is 10.0 Å². The summed E-state index contributed by atoms with van der Waals surface area (Å²) in [5.41, 5.74) is 2.87. The zero-order valence-corrected chi connectivity index (χ0v) is 25.0. The predicted octanol–water partition coefficient (Wildman–Crippen LogP) is 6.01. The van der Waals surface area contributed by atoms with Crippen LogP contribution in [-0.4, -0.2) is 79.2 Å². The maximum absolute atomic E-state index is 13.5. The molecule has 2 fully saturated rings. The van der Waals surface area contributed by atoms with Crippen molar-refractivity contribution in [1.82, 2.24) is 14.7 Å². The van der Waals surface area contributed by atoms with E-state index in [2.05, 4.69) is 30.1 Å². The second-order valence-corrected chi connectivity index (χ2v) is 12.8. The molecule has 218 valence electrons. The van der Waals surface area contributed by atoms with Crippen molar-refractivity contribution < 1.29 is 19.1 Å². The van der Waals surface area contributed by atoms with E-state index in [1.165, 1.54) is 12.0 Å². The number of nitrogens with one attached hydrogen (secondary N) is 1. The normalized spacial score (nSPS) is 22.5. The van der Waals surface area contributed by atoms with Crippen LogP contribution < -0.4 is 14.8 Å². The van der Waals surface area contributed by atoms with Gasteiger partial charge < -0.3 is 24.6 Å². The number of ether oxygens (including phenoxy) is 2. The molecule has 5 aliphatic rings. The summed E-state index contributed by atoms with van der Waals surface area (Å²) < 4.78 is 10.8. The van der Waals surface area contributed by atoms with Crippen LogP contribution in [0.1, 0.15) is 37.0 Å². The number of amides is 3. The van der Waals surface area contributed by atoms with Crippen molar-refractivity contribution in [2.45, 2.75) is 26.7 Å². The number of rotatable bonds is 7. The Balaban J connectivity index is 1.07. The highest BCUT2D eigenvalue weighted by atomic mass is 35.5. The number of allylic oxidation sites excluding steroid dienone is 1. The average Bonchev–Trinajstić information content (AvgIpc) is 3.45. The van der Waals surface area contributed by atoms with Crippen molar-refractivity contribution in [2.24, 2.45) is 17.3 Å². The lowest BCUT2D eigenvalue weighted by molar-refractivity contribution is -0.00970. The van der Waals surface area contributed by atoms with Crippen LogP contribution in [-0.2, 0) is 0 Å². The molecule has 41 heavy (non-hydrogen) atoms. The second-order valence-electron chi connectivity index (χ2n) is 12.0.